The van der Waals surface area contributed by atoms with Gasteiger partial charge >= 0.3 is 0 Å². The SMILES string of the molecule is Cc1cc(C(=O)NC2(Cc3ccc(Cl)cc3)CCOC2)n[nH]1. The van der Waals surface area contributed by atoms with Crippen molar-refractivity contribution in [3.63, 3.8) is 0 Å². The van der Waals surface area contributed by atoms with Gasteiger partial charge in [0.25, 0.3) is 5.91 Å². The summed E-state index contributed by atoms with van der Waals surface area (Å²) in [6.45, 7) is 3.02. The Morgan fingerprint density at radius 1 is 1.45 bits per heavy atom. The molecule has 0 saturated carbocycles. The summed E-state index contributed by atoms with van der Waals surface area (Å²) < 4.78 is 5.53. The maximum Gasteiger partial charge on any atom is 0.272 e. The molecule has 0 bridgehead atoms. The second-order valence-corrected chi connectivity index (χ2v) is 6.21. The molecule has 1 aromatic carbocycles. The second-order valence-electron chi connectivity index (χ2n) is 5.78. The van der Waals surface area contributed by atoms with E-state index in [-0.39, 0.29) is 5.91 Å². The normalized spacial score (nSPS) is 21.0. The van der Waals surface area contributed by atoms with Crippen molar-refractivity contribution in [1.82, 2.24) is 15.5 Å². The molecule has 1 amide bonds. The Labute approximate surface area is 134 Å². The molecule has 0 aliphatic carbocycles. The van der Waals surface area contributed by atoms with Crippen molar-refractivity contribution in [3.05, 3.63) is 52.3 Å². The van der Waals surface area contributed by atoms with Crippen molar-refractivity contribution >= 4 is 17.5 Å². The van der Waals surface area contributed by atoms with Crippen LogP contribution in [0.1, 0.15) is 28.2 Å². The fourth-order valence-electron chi connectivity index (χ4n) is 2.72. The van der Waals surface area contributed by atoms with E-state index in [1.807, 2.05) is 31.2 Å². The molecule has 1 aliphatic heterocycles. The van der Waals surface area contributed by atoms with Crippen LogP contribution >= 0.6 is 11.6 Å². The van der Waals surface area contributed by atoms with Gasteiger partial charge in [-0.05, 0) is 43.5 Å². The van der Waals surface area contributed by atoms with E-state index >= 15 is 0 Å². The van der Waals surface area contributed by atoms with E-state index in [1.165, 1.54) is 0 Å². The number of hydrogen-bond donors (Lipinski definition) is 2. The molecule has 1 aliphatic rings. The average molecular weight is 320 g/mol. The lowest BCUT2D eigenvalue weighted by Crippen LogP contribution is -2.50. The van der Waals surface area contributed by atoms with Crippen LogP contribution in [0.15, 0.2) is 30.3 Å². The monoisotopic (exact) mass is 319 g/mol. The molecule has 1 aromatic heterocycles. The highest BCUT2D eigenvalue weighted by atomic mass is 35.5. The number of halogens is 1. The number of nitrogens with one attached hydrogen (secondary N) is 2. The highest BCUT2D eigenvalue weighted by molar-refractivity contribution is 6.30. The molecule has 116 valence electrons. The number of H-pyrrole nitrogens is 1. The molecule has 22 heavy (non-hydrogen) atoms. The summed E-state index contributed by atoms with van der Waals surface area (Å²) in [6, 6.07) is 9.42. The average Bonchev–Trinajstić information content (AvgIpc) is 3.11. The molecule has 2 heterocycles. The molecule has 5 nitrogen and oxygen atoms in total. The van der Waals surface area contributed by atoms with Gasteiger partial charge in [0.05, 0.1) is 12.1 Å². The van der Waals surface area contributed by atoms with Crippen molar-refractivity contribution in [2.75, 3.05) is 13.2 Å². The molecule has 0 spiro atoms. The lowest BCUT2D eigenvalue weighted by Gasteiger charge is -2.28. The van der Waals surface area contributed by atoms with Crippen molar-refractivity contribution in [2.24, 2.45) is 0 Å². The number of benzene rings is 1. The fourth-order valence-corrected chi connectivity index (χ4v) is 2.85. The van der Waals surface area contributed by atoms with Gasteiger partial charge in [-0.3, -0.25) is 9.89 Å². The van der Waals surface area contributed by atoms with Crippen molar-refractivity contribution in [1.29, 1.82) is 0 Å². The van der Waals surface area contributed by atoms with Crippen LogP contribution in [0.25, 0.3) is 0 Å². The summed E-state index contributed by atoms with van der Waals surface area (Å²) >= 11 is 5.92. The molecular weight excluding hydrogens is 302 g/mol. The molecule has 2 N–H and O–H groups in total. The number of carbonyl (C=O) groups excluding carboxylic acids is 1. The number of ether oxygens (including phenoxy) is 1. The number of aryl methyl sites for hydroxylation is 1. The number of nitrogens with zero attached hydrogens (tertiary/aromatic N) is 1. The van der Waals surface area contributed by atoms with E-state index in [9.17, 15) is 4.79 Å². The Balaban J connectivity index is 1.76. The molecular formula is C16H18ClN3O2. The summed E-state index contributed by atoms with van der Waals surface area (Å²) in [4.78, 5) is 12.4. The third-order valence-corrected chi connectivity index (χ3v) is 4.13. The number of rotatable bonds is 4. The fraction of sp³-hybridized carbons (Fsp3) is 0.375. The van der Waals surface area contributed by atoms with E-state index in [0.29, 0.717) is 30.4 Å². The lowest BCUT2D eigenvalue weighted by molar-refractivity contribution is 0.0872. The minimum atomic E-state index is -0.391. The number of amides is 1. The van der Waals surface area contributed by atoms with Gasteiger partial charge in [-0.1, -0.05) is 23.7 Å². The van der Waals surface area contributed by atoms with Gasteiger partial charge in [0.15, 0.2) is 0 Å². The predicted octanol–water partition coefficient (Wildman–Crippen LogP) is 2.50. The maximum absolute atomic E-state index is 12.4. The number of hydrogen-bond acceptors (Lipinski definition) is 3. The van der Waals surface area contributed by atoms with E-state index in [1.54, 1.807) is 6.07 Å². The quantitative estimate of drug-likeness (QED) is 0.910. The van der Waals surface area contributed by atoms with Crippen LogP contribution in [0.4, 0.5) is 0 Å². The lowest BCUT2D eigenvalue weighted by atomic mass is 9.89. The van der Waals surface area contributed by atoms with E-state index in [2.05, 4.69) is 15.5 Å². The Morgan fingerprint density at radius 3 is 2.82 bits per heavy atom. The largest absolute Gasteiger partial charge is 0.379 e. The second kappa shape index (κ2) is 6.10. The highest BCUT2D eigenvalue weighted by Gasteiger charge is 2.37. The molecule has 3 rings (SSSR count). The van der Waals surface area contributed by atoms with Gasteiger partial charge in [-0.2, -0.15) is 5.10 Å². The molecule has 1 unspecified atom stereocenters. The van der Waals surface area contributed by atoms with E-state index in [0.717, 1.165) is 17.7 Å². The van der Waals surface area contributed by atoms with Gasteiger partial charge in [-0.25, -0.2) is 0 Å². The topological polar surface area (TPSA) is 67.0 Å². The van der Waals surface area contributed by atoms with Crippen LogP contribution in [-0.4, -0.2) is 34.9 Å². The summed E-state index contributed by atoms with van der Waals surface area (Å²) in [7, 11) is 0. The first-order chi connectivity index (χ1) is 10.6. The van der Waals surface area contributed by atoms with E-state index < -0.39 is 5.54 Å². The van der Waals surface area contributed by atoms with Crippen LogP contribution in [0.2, 0.25) is 5.02 Å². The summed E-state index contributed by atoms with van der Waals surface area (Å²) in [5, 5.41) is 10.6. The minimum Gasteiger partial charge on any atom is -0.379 e. The molecule has 1 saturated heterocycles. The molecule has 2 aromatic rings. The smallest absolute Gasteiger partial charge is 0.272 e. The molecule has 1 fully saturated rings. The van der Waals surface area contributed by atoms with Crippen LogP contribution < -0.4 is 5.32 Å². The molecule has 6 heteroatoms. The third-order valence-electron chi connectivity index (χ3n) is 3.88. The Morgan fingerprint density at radius 2 is 2.23 bits per heavy atom. The molecule has 1 atom stereocenters. The van der Waals surface area contributed by atoms with E-state index in [4.69, 9.17) is 16.3 Å². The first-order valence-electron chi connectivity index (χ1n) is 7.23. The van der Waals surface area contributed by atoms with Crippen LogP contribution in [0, 0.1) is 6.92 Å². The summed E-state index contributed by atoms with van der Waals surface area (Å²) in [6.07, 6.45) is 1.49. The maximum atomic E-state index is 12.4. The van der Waals surface area contributed by atoms with Gasteiger partial charge < -0.3 is 10.1 Å². The van der Waals surface area contributed by atoms with Crippen LogP contribution in [0.5, 0.6) is 0 Å². The van der Waals surface area contributed by atoms with Crippen molar-refractivity contribution in [3.8, 4) is 0 Å². The number of carbonyl (C=O) groups is 1. The zero-order chi connectivity index (χ0) is 15.6. The van der Waals surface area contributed by atoms with Crippen molar-refractivity contribution in [2.45, 2.75) is 25.3 Å². The number of aromatic amines is 1. The zero-order valence-electron chi connectivity index (χ0n) is 12.4. The zero-order valence-corrected chi connectivity index (χ0v) is 13.1. The first-order valence-corrected chi connectivity index (χ1v) is 7.61. The molecule has 0 radical (unpaired) electrons. The Bertz CT molecular complexity index is 660. The van der Waals surface area contributed by atoms with Crippen molar-refractivity contribution < 1.29 is 9.53 Å². The Kier molecular flexibility index (Phi) is 4.18. The number of aromatic nitrogens is 2. The van der Waals surface area contributed by atoms with Gasteiger partial charge in [0, 0.05) is 17.3 Å². The highest BCUT2D eigenvalue weighted by Crippen LogP contribution is 2.25. The summed E-state index contributed by atoms with van der Waals surface area (Å²) in [5.74, 6) is -0.177. The van der Waals surface area contributed by atoms with Gasteiger partial charge in [0.2, 0.25) is 0 Å². The third kappa shape index (κ3) is 3.31. The minimum absolute atomic E-state index is 0.177. The Hall–Kier alpha value is -1.85. The van der Waals surface area contributed by atoms with Crippen LogP contribution in [-0.2, 0) is 11.2 Å². The first kappa shape index (κ1) is 15.1. The summed E-state index contributed by atoms with van der Waals surface area (Å²) in [5.41, 5.74) is 1.99. The predicted molar refractivity (Wildman–Crippen MR) is 84.1 cm³/mol. The van der Waals surface area contributed by atoms with Gasteiger partial charge in [0.1, 0.15) is 5.69 Å². The van der Waals surface area contributed by atoms with Crippen LogP contribution in [0.3, 0.4) is 0 Å². The van der Waals surface area contributed by atoms with Gasteiger partial charge in [-0.15, -0.1) is 0 Å². The standard InChI is InChI=1S/C16H18ClN3O2/c1-11-8-14(20-19-11)15(21)18-16(6-7-22-10-16)9-12-2-4-13(17)5-3-12/h2-5,8H,6-7,9-10H2,1H3,(H,18,21)(H,19,20).